The highest BCUT2D eigenvalue weighted by molar-refractivity contribution is 5.97. The minimum absolute atomic E-state index is 0.516. The fourth-order valence-electron chi connectivity index (χ4n) is 3.42. The van der Waals surface area contributed by atoms with Crippen LogP contribution in [0.15, 0.2) is 91.0 Å². The highest BCUT2D eigenvalue weighted by Gasteiger charge is 2.12. The topological polar surface area (TPSA) is 35.0 Å². The SMILES string of the molecule is Cc1ccc(-c2nnc(Oc3ccc4ccccc4c3)c3ccccc23)cc1. The van der Waals surface area contributed by atoms with E-state index in [1.165, 1.54) is 10.9 Å². The summed E-state index contributed by atoms with van der Waals surface area (Å²) in [6.45, 7) is 2.08. The van der Waals surface area contributed by atoms with Gasteiger partial charge in [-0.3, -0.25) is 0 Å². The average molecular weight is 362 g/mol. The van der Waals surface area contributed by atoms with Crippen molar-refractivity contribution in [3.8, 4) is 22.9 Å². The molecule has 0 aliphatic carbocycles. The maximum absolute atomic E-state index is 6.14. The standard InChI is InChI=1S/C25H18N2O/c1-17-10-12-19(13-11-17)24-22-8-4-5-9-23(22)25(27-26-24)28-21-15-14-18-6-2-3-7-20(18)16-21/h2-16H,1H3. The molecule has 1 aromatic heterocycles. The van der Waals surface area contributed by atoms with Gasteiger partial charge in [-0.15, -0.1) is 10.2 Å². The molecular weight excluding hydrogens is 344 g/mol. The maximum Gasteiger partial charge on any atom is 0.246 e. The van der Waals surface area contributed by atoms with Gasteiger partial charge in [0, 0.05) is 16.3 Å². The molecular formula is C25H18N2O. The molecule has 0 radical (unpaired) electrons. The Balaban J connectivity index is 1.60. The van der Waals surface area contributed by atoms with E-state index in [1.54, 1.807) is 0 Å². The van der Waals surface area contributed by atoms with Gasteiger partial charge in [0.15, 0.2) is 0 Å². The van der Waals surface area contributed by atoms with E-state index >= 15 is 0 Å². The molecule has 134 valence electrons. The largest absolute Gasteiger partial charge is 0.437 e. The fraction of sp³-hybridized carbons (Fsp3) is 0.0400. The molecule has 5 rings (SSSR count). The lowest BCUT2D eigenvalue weighted by Gasteiger charge is -2.11. The average Bonchev–Trinajstić information content (AvgIpc) is 2.75. The lowest BCUT2D eigenvalue weighted by Crippen LogP contribution is -1.96. The van der Waals surface area contributed by atoms with Gasteiger partial charge in [0.1, 0.15) is 11.4 Å². The van der Waals surface area contributed by atoms with Crippen LogP contribution in [0.1, 0.15) is 5.56 Å². The molecule has 0 fully saturated rings. The van der Waals surface area contributed by atoms with Gasteiger partial charge in [0.05, 0.1) is 0 Å². The van der Waals surface area contributed by atoms with E-state index in [4.69, 9.17) is 4.74 Å². The zero-order valence-corrected chi connectivity index (χ0v) is 15.5. The molecule has 0 bridgehead atoms. The summed E-state index contributed by atoms with van der Waals surface area (Å²) in [5.41, 5.74) is 3.13. The molecule has 0 unspecified atom stereocenters. The van der Waals surface area contributed by atoms with Crippen molar-refractivity contribution in [2.24, 2.45) is 0 Å². The number of benzene rings is 4. The number of aromatic nitrogens is 2. The Hall–Kier alpha value is -3.72. The molecule has 5 aromatic rings. The van der Waals surface area contributed by atoms with Crippen LogP contribution >= 0.6 is 0 Å². The van der Waals surface area contributed by atoms with Crippen molar-refractivity contribution in [1.82, 2.24) is 10.2 Å². The third-order valence-electron chi connectivity index (χ3n) is 4.91. The van der Waals surface area contributed by atoms with Crippen LogP contribution < -0.4 is 4.74 Å². The van der Waals surface area contributed by atoms with Gasteiger partial charge in [0.25, 0.3) is 0 Å². The molecule has 0 N–H and O–H groups in total. The van der Waals surface area contributed by atoms with Crippen LogP contribution in [0.2, 0.25) is 0 Å². The first-order chi connectivity index (χ1) is 13.8. The molecule has 3 nitrogen and oxygen atoms in total. The van der Waals surface area contributed by atoms with Crippen LogP contribution in [-0.2, 0) is 0 Å². The highest BCUT2D eigenvalue weighted by atomic mass is 16.5. The molecule has 1 heterocycles. The lowest BCUT2D eigenvalue weighted by atomic mass is 10.0. The first-order valence-corrected chi connectivity index (χ1v) is 9.27. The summed E-state index contributed by atoms with van der Waals surface area (Å²) in [5, 5.41) is 13.2. The summed E-state index contributed by atoms with van der Waals surface area (Å²) in [7, 11) is 0. The summed E-state index contributed by atoms with van der Waals surface area (Å²) >= 11 is 0. The van der Waals surface area contributed by atoms with Crippen LogP contribution in [0.25, 0.3) is 32.8 Å². The van der Waals surface area contributed by atoms with Crippen LogP contribution in [-0.4, -0.2) is 10.2 Å². The molecule has 0 atom stereocenters. The van der Waals surface area contributed by atoms with Gasteiger partial charge in [-0.25, -0.2) is 0 Å². The van der Waals surface area contributed by atoms with Crippen molar-refractivity contribution in [1.29, 1.82) is 0 Å². The van der Waals surface area contributed by atoms with Crippen molar-refractivity contribution in [3.05, 3.63) is 96.6 Å². The first-order valence-electron chi connectivity index (χ1n) is 9.27. The summed E-state index contributed by atoms with van der Waals surface area (Å²) < 4.78 is 6.14. The van der Waals surface area contributed by atoms with Crippen molar-refractivity contribution in [3.63, 3.8) is 0 Å². The van der Waals surface area contributed by atoms with Gasteiger partial charge in [-0.1, -0.05) is 78.4 Å². The van der Waals surface area contributed by atoms with Gasteiger partial charge >= 0.3 is 0 Å². The summed E-state index contributed by atoms with van der Waals surface area (Å²) in [6.07, 6.45) is 0. The van der Waals surface area contributed by atoms with Crippen molar-refractivity contribution in [2.45, 2.75) is 6.92 Å². The van der Waals surface area contributed by atoms with E-state index in [1.807, 2.05) is 42.5 Å². The van der Waals surface area contributed by atoms with E-state index in [0.29, 0.717) is 5.88 Å². The van der Waals surface area contributed by atoms with Crippen LogP contribution in [0.4, 0.5) is 0 Å². The number of hydrogen-bond acceptors (Lipinski definition) is 3. The molecule has 3 heteroatoms. The second-order valence-corrected chi connectivity index (χ2v) is 6.88. The Bertz CT molecular complexity index is 1290. The molecule has 0 saturated heterocycles. The number of fused-ring (bicyclic) bond motifs is 2. The molecule has 0 spiro atoms. The Labute approximate surface area is 163 Å². The van der Waals surface area contributed by atoms with Crippen molar-refractivity contribution >= 4 is 21.5 Å². The third-order valence-corrected chi connectivity index (χ3v) is 4.91. The van der Waals surface area contributed by atoms with Gasteiger partial charge < -0.3 is 4.74 Å². The predicted octanol–water partition coefficient (Wildman–Crippen LogP) is 6.55. The van der Waals surface area contributed by atoms with Gasteiger partial charge in [-0.05, 0) is 35.9 Å². The lowest BCUT2D eigenvalue weighted by molar-refractivity contribution is 0.463. The van der Waals surface area contributed by atoms with E-state index in [2.05, 4.69) is 65.7 Å². The normalized spacial score (nSPS) is 11.0. The first kappa shape index (κ1) is 16.5. The molecule has 0 aliphatic rings. The maximum atomic E-state index is 6.14. The van der Waals surface area contributed by atoms with E-state index in [-0.39, 0.29) is 0 Å². The number of hydrogen-bond donors (Lipinski definition) is 0. The smallest absolute Gasteiger partial charge is 0.246 e. The quantitative estimate of drug-likeness (QED) is 0.365. The minimum Gasteiger partial charge on any atom is -0.437 e. The number of rotatable bonds is 3. The van der Waals surface area contributed by atoms with Crippen molar-refractivity contribution < 1.29 is 4.74 Å². The number of nitrogens with zero attached hydrogens (tertiary/aromatic N) is 2. The minimum atomic E-state index is 0.516. The fourth-order valence-corrected chi connectivity index (χ4v) is 3.42. The predicted molar refractivity (Wildman–Crippen MR) is 114 cm³/mol. The van der Waals surface area contributed by atoms with Crippen molar-refractivity contribution in [2.75, 3.05) is 0 Å². The Morgan fingerprint density at radius 1 is 0.643 bits per heavy atom. The Morgan fingerprint density at radius 3 is 2.18 bits per heavy atom. The third kappa shape index (κ3) is 2.97. The molecule has 0 amide bonds. The van der Waals surface area contributed by atoms with Crippen LogP contribution in [0, 0.1) is 6.92 Å². The second kappa shape index (κ2) is 6.78. The summed E-state index contributed by atoms with van der Waals surface area (Å²) in [5.74, 6) is 1.27. The zero-order valence-electron chi connectivity index (χ0n) is 15.5. The number of aryl methyl sites for hydroxylation is 1. The molecule has 0 saturated carbocycles. The monoisotopic (exact) mass is 362 g/mol. The zero-order chi connectivity index (χ0) is 18.9. The van der Waals surface area contributed by atoms with Crippen LogP contribution in [0.3, 0.4) is 0 Å². The van der Waals surface area contributed by atoms with Gasteiger partial charge in [0.2, 0.25) is 5.88 Å². The summed E-state index contributed by atoms with van der Waals surface area (Å²) in [6, 6.07) is 30.7. The van der Waals surface area contributed by atoms with E-state index in [0.717, 1.165) is 33.2 Å². The van der Waals surface area contributed by atoms with E-state index < -0.39 is 0 Å². The molecule has 28 heavy (non-hydrogen) atoms. The van der Waals surface area contributed by atoms with Gasteiger partial charge in [-0.2, -0.15) is 0 Å². The molecule has 0 aliphatic heterocycles. The molecule has 4 aromatic carbocycles. The highest BCUT2D eigenvalue weighted by Crippen LogP contribution is 2.33. The summed E-state index contributed by atoms with van der Waals surface area (Å²) in [4.78, 5) is 0. The Morgan fingerprint density at radius 2 is 1.36 bits per heavy atom. The van der Waals surface area contributed by atoms with E-state index in [9.17, 15) is 0 Å². The second-order valence-electron chi connectivity index (χ2n) is 6.88. The van der Waals surface area contributed by atoms with Crippen LogP contribution in [0.5, 0.6) is 11.6 Å². The number of ether oxygens (including phenoxy) is 1. The Kier molecular flexibility index (Phi) is 3.99.